The first-order valence-electron chi connectivity index (χ1n) is 7.72. The summed E-state index contributed by atoms with van der Waals surface area (Å²) in [5.74, 6) is 0.493. The molecule has 118 valence electrons. The molecular formula is C17H22FN3O. The number of likely N-dealkylation sites (tertiary alicyclic amines) is 1. The third kappa shape index (κ3) is 2.65. The summed E-state index contributed by atoms with van der Waals surface area (Å²) >= 11 is 0. The Kier molecular flexibility index (Phi) is 4.00. The van der Waals surface area contributed by atoms with Crippen molar-refractivity contribution >= 4 is 10.9 Å². The van der Waals surface area contributed by atoms with Crippen LogP contribution in [0.2, 0.25) is 0 Å². The number of rotatable bonds is 2. The second kappa shape index (κ2) is 5.80. The van der Waals surface area contributed by atoms with Crippen LogP contribution in [-0.2, 0) is 0 Å². The number of methoxy groups -OCH3 is 1. The minimum absolute atomic E-state index is 0.306. The van der Waals surface area contributed by atoms with Crippen molar-refractivity contribution in [2.24, 2.45) is 0 Å². The lowest BCUT2D eigenvalue weighted by Gasteiger charge is -2.40. The standard InChI is InChI=1S/C17H22FN3O/c1-10-5-12(6-11(2)21(10)3)16-9-14-15(18)7-13(22-4)8-17(14)20-19-16/h7-12H,5-6H2,1-4H3/t10-,11+,12?. The topological polar surface area (TPSA) is 38.2 Å². The fraction of sp³-hybridized carbons (Fsp3) is 0.529. The van der Waals surface area contributed by atoms with E-state index < -0.39 is 0 Å². The molecule has 22 heavy (non-hydrogen) atoms. The molecule has 2 heterocycles. The van der Waals surface area contributed by atoms with Gasteiger partial charge in [0.05, 0.1) is 18.3 Å². The quantitative estimate of drug-likeness (QED) is 0.852. The number of piperidine rings is 1. The molecule has 0 aliphatic carbocycles. The Morgan fingerprint density at radius 3 is 2.45 bits per heavy atom. The van der Waals surface area contributed by atoms with E-state index in [-0.39, 0.29) is 5.82 Å². The van der Waals surface area contributed by atoms with E-state index in [1.807, 2.05) is 6.07 Å². The Bertz CT molecular complexity index is 679. The zero-order valence-electron chi connectivity index (χ0n) is 13.5. The molecule has 1 aromatic heterocycles. The molecule has 1 unspecified atom stereocenters. The van der Waals surface area contributed by atoms with Gasteiger partial charge in [0.25, 0.3) is 0 Å². The van der Waals surface area contributed by atoms with Gasteiger partial charge in [0.15, 0.2) is 0 Å². The first-order chi connectivity index (χ1) is 10.5. The molecule has 0 spiro atoms. The highest BCUT2D eigenvalue weighted by Crippen LogP contribution is 2.34. The lowest BCUT2D eigenvalue weighted by Crippen LogP contribution is -2.43. The van der Waals surface area contributed by atoms with Crippen molar-refractivity contribution in [3.05, 3.63) is 29.7 Å². The molecule has 5 heteroatoms. The Hall–Kier alpha value is -1.75. The second-order valence-corrected chi connectivity index (χ2v) is 6.34. The molecule has 1 aliphatic heterocycles. The van der Waals surface area contributed by atoms with Crippen LogP contribution in [-0.4, -0.2) is 41.3 Å². The summed E-state index contributed by atoms with van der Waals surface area (Å²) in [6.45, 7) is 4.45. The van der Waals surface area contributed by atoms with Crippen LogP contribution < -0.4 is 4.74 Å². The minimum Gasteiger partial charge on any atom is -0.497 e. The molecule has 0 saturated carbocycles. The lowest BCUT2D eigenvalue weighted by atomic mass is 9.85. The molecule has 1 saturated heterocycles. The molecular weight excluding hydrogens is 281 g/mol. The molecule has 3 atom stereocenters. The fourth-order valence-electron chi connectivity index (χ4n) is 3.34. The summed E-state index contributed by atoms with van der Waals surface area (Å²) in [6, 6.07) is 5.95. The Balaban J connectivity index is 1.97. The van der Waals surface area contributed by atoms with Crippen LogP contribution in [0.3, 0.4) is 0 Å². The van der Waals surface area contributed by atoms with E-state index in [1.165, 1.54) is 13.2 Å². The van der Waals surface area contributed by atoms with Gasteiger partial charge in [-0.05, 0) is 39.8 Å². The van der Waals surface area contributed by atoms with E-state index in [1.54, 1.807) is 6.07 Å². The van der Waals surface area contributed by atoms with Gasteiger partial charge in [-0.25, -0.2) is 4.39 Å². The van der Waals surface area contributed by atoms with Gasteiger partial charge >= 0.3 is 0 Å². The van der Waals surface area contributed by atoms with Crippen molar-refractivity contribution in [2.75, 3.05) is 14.2 Å². The van der Waals surface area contributed by atoms with E-state index in [9.17, 15) is 4.39 Å². The first kappa shape index (κ1) is 15.2. The van der Waals surface area contributed by atoms with E-state index in [4.69, 9.17) is 4.74 Å². The molecule has 3 rings (SSSR count). The molecule has 0 bridgehead atoms. The van der Waals surface area contributed by atoms with E-state index in [0.29, 0.717) is 34.7 Å². The van der Waals surface area contributed by atoms with Gasteiger partial charge in [-0.15, -0.1) is 0 Å². The maximum Gasteiger partial charge on any atom is 0.136 e. The van der Waals surface area contributed by atoms with Crippen molar-refractivity contribution in [3.8, 4) is 5.75 Å². The van der Waals surface area contributed by atoms with Crippen LogP contribution in [0.4, 0.5) is 4.39 Å². The molecule has 0 radical (unpaired) electrons. The van der Waals surface area contributed by atoms with Gasteiger partial charge in [-0.3, -0.25) is 0 Å². The summed E-state index contributed by atoms with van der Waals surface area (Å²) in [6.07, 6.45) is 2.05. The Morgan fingerprint density at radius 1 is 1.14 bits per heavy atom. The van der Waals surface area contributed by atoms with Gasteiger partial charge in [-0.2, -0.15) is 10.2 Å². The number of hydrogen-bond donors (Lipinski definition) is 0. The smallest absolute Gasteiger partial charge is 0.136 e. The lowest BCUT2D eigenvalue weighted by molar-refractivity contribution is 0.121. The van der Waals surface area contributed by atoms with Gasteiger partial charge in [-0.1, -0.05) is 0 Å². The monoisotopic (exact) mass is 303 g/mol. The summed E-state index contributed by atoms with van der Waals surface area (Å²) in [5.41, 5.74) is 1.43. The van der Waals surface area contributed by atoms with E-state index in [0.717, 1.165) is 18.5 Å². The molecule has 1 fully saturated rings. The van der Waals surface area contributed by atoms with E-state index in [2.05, 4.69) is 36.0 Å². The zero-order chi connectivity index (χ0) is 15.9. The number of aromatic nitrogens is 2. The van der Waals surface area contributed by atoms with Crippen LogP contribution in [0.15, 0.2) is 18.2 Å². The minimum atomic E-state index is -0.306. The van der Waals surface area contributed by atoms with E-state index >= 15 is 0 Å². The maximum atomic E-state index is 14.2. The fourth-order valence-corrected chi connectivity index (χ4v) is 3.34. The molecule has 0 N–H and O–H groups in total. The van der Waals surface area contributed by atoms with Crippen LogP contribution >= 0.6 is 0 Å². The maximum absolute atomic E-state index is 14.2. The molecule has 2 aromatic rings. The number of fused-ring (bicyclic) bond motifs is 1. The highest BCUT2D eigenvalue weighted by Gasteiger charge is 2.30. The third-order valence-corrected chi connectivity index (χ3v) is 4.94. The number of nitrogens with zero attached hydrogens (tertiary/aromatic N) is 3. The largest absolute Gasteiger partial charge is 0.497 e. The average molecular weight is 303 g/mol. The molecule has 1 aliphatic rings. The van der Waals surface area contributed by atoms with Crippen molar-refractivity contribution < 1.29 is 9.13 Å². The first-order valence-corrected chi connectivity index (χ1v) is 7.72. The zero-order valence-corrected chi connectivity index (χ0v) is 13.5. The number of benzene rings is 1. The van der Waals surface area contributed by atoms with Gasteiger partial charge in [0.2, 0.25) is 0 Å². The molecule has 0 amide bonds. The van der Waals surface area contributed by atoms with Crippen molar-refractivity contribution in [1.29, 1.82) is 0 Å². The van der Waals surface area contributed by atoms with Gasteiger partial charge in [0.1, 0.15) is 11.6 Å². The number of halogens is 1. The van der Waals surface area contributed by atoms with Crippen LogP contribution in [0.5, 0.6) is 5.75 Å². The highest BCUT2D eigenvalue weighted by molar-refractivity contribution is 5.80. The second-order valence-electron chi connectivity index (χ2n) is 6.34. The predicted molar refractivity (Wildman–Crippen MR) is 84.7 cm³/mol. The third-order valence-electron chi connectivity index (χ3n) is 4.94. The van der Waals surface area contributed by atoms with Gasteiger partial charge in [0, 0.05) is 35.5 Å². The average Bonchev–Trinajstić information content (AvgIpc) is 2.51. The summed E-state index contributed by atoms with van der Waals surface area (Å²) in [5, 5.41) is 9.08. The Morgan fingerprint density at radius 2 is 1.82 bits per heavy atom. The summed E-state index contributed by atoms with van der Waals surface area (Å²) in [7, 11) is 3.67. The highest BCUT2D eigenvalue weighted by atomic mass is 19.1. The normalized spacial score (nSPS) is 26.3. The molecule has 1 aromatic carbocycles. The summed E-state index contributed by atoms with van der Waals surface area (Å²) < 4.78 is 19.3. The van der Waals surface area contributed by atoms with Crippen LogP contribution in [0, 0.1) is 5.82 Å². The molecule has 4 nitrogen and oxygen atoms in total. The van der Waals surface area contributed by atoms with Crippen molar-refractivity contribution in [1.82, 2.24) is 15.1 Å². The number of ether oxygens (including phenoxy) is 1. The van der Waals surface area contributed by atoms with Crippen molar-refractivity contribution in [2.45, 2.75) is 44.7 Å². The van der Waals surface area contributed by atoms with Gasteiger partial charge < -0.3 is 9.64 Å². The van der Waals surface area contributed by atoms with Crippen molar-refractivity contribution in [3.63, 3.8) is 0 Å². The number of hydrogen-bond acceptors (Lipinski definition) is 4. The SMILES string of the molecule is COc1cc(F)c2cc(C3C[C@@H](C)N(C)[C@@H](C)C3)nnc2c1. The van der Waals surface area contributed by atoms with Crippen LogP contribution in [0.25, 0.3) is 10.9 Å². The predicted octanol–water partition coefficient (Wildman–Crippen LogP) is 3.36. The van der Waals surface area contributed by atoms with Crippen LogP contribution in [0.1, 0.15) is 38.3 Å². The summed E-state index contributed by atoms with van der Waals surface area (Å²) in [4.78, 5) is 2.39. The Labute approximate surface area is 130 Å².